The highest BCUT2D eigenvalue weighted by Gasteiger charge is 2.29. The van der Waals surface area contributed by atoms with Gasteiger partial charge >= 0.3 is 6.03 Å². The van der Waals surface area contributed by atoms with Crippen LogP contribution in [0.1, 0.15) is 24.4 Å². The minimum Gasteiger partial charge on any atom is -0.494 e. The van der Waals surface area contributed by atoms with Gasteiger partial charge in [-0.3, -0.25) is 14.9 Å². The van der Waals surface area contributed by atoms with Gasteiger partial charge in [-0.25, -0.2) is 4.79 Å². The Bertz CT molecular complexity index is 1140. The molecule has 1 aliphatic heterocycles. The van der Waals surface area contributed by atoms with Crippen molar-refractivity contribution in [3.8, 4) is 5.88 Å². The summed E-state index contributed by atoms with van der Waals surface area (Å²) in [5.74, 6) is -0.748. The highest BCUT2D eigenvalue weighted by Crippen LogP contribution is 2.33. The zero-order valence-corrected chi connectivity index (χ0v) is 17.4. The van der Waals surface area contributed by atoms with E-state index in [0.29, 0.717) is 24.0 Å². The van der Waals surface area contributed by atoms with Gasteiger partial charge in [0.2, 0.25) is 11.8 Å². The van der Waals surface area contributed by atoms with Crippen LogP contribution < -0.4 is 16.0 Å². The van der Waals surface area contributed by atoms with Gasteiger partial charge in [-0.2, -0.15) is 0 Å². The van der Waals surface area contributed by atoms with Crippen LogP contribution in [-0.2, 0) is 16.1 Å². The Labute approximate surface area is 180 Å². The molecule has 0 aliphatic carbocycles. The number of halogens is 1. The fourth-order valence-corrected chi connectivity index (χ4v) is 3.72. The van der Waals surface area contributed by atoms with Crippen LogP contribution in [0.25, 0.3) is 10.8 Å². The summed E-state index contributed by atoms with van der Waals surface area (Å²) < 4.78 is 2.42. The number of hydrogen-bond donors (Lipinski definition) is 4. The Morgan fingerprint density at radius 1 is 1.20 bits per heavy atom. The molecule has 1 atom stereocenters. The first-order valence-electron chi connectivity index (χ1n) is 9.37. The average molecular weight is 471 g/mol. The lowest BCUT2D eigenvalue weighted by Crippen LogP contribution is -2.41. The number of fused-ring (bicyclic) bond motifs is 1. The second kappa shape index (κ2) is 8.19. The Morgan fingerprint density at radius 3 is 2.70 bits per heavy atom. The molecule has 2 heterocycles. The van der Waals surface area contributed by atoms with E-state index in [2.05, 4.69) is 31.9 Å². The molecule has 1 aliphatic rings. The van der Waals surface area contributed by atoms with E-state index in [0.717, 1.165) is 15.4 Å². The molecule has 8 nitrogen and oxygen atoms in total. The predicted molar refractivity (Wildman–Crippen MR) is 115 cm³/mol. The number of anilines is 1. The van der Waals surface area contributed by atoms with E-state index in [1.807, 2.05) is 18.2 Å². The van der Waals surface area contributed by atoms with Crippen molar-refractivity contribution >= 4 is 50.2 Å². The molecule has 4 N–H and O–H groups in total. The van der Waals surface area contributed by atoms with Crippen LogP contribution in [0.15, 0.2) is 53.1 Å². The number of aromatic hydroxyl groups is 1. The number of carbonyl (C=O) groups is 3. The summed E-state index contributed by atoms with van der Waals surface area (Å²) in [5.41, 5.74) is 1.52. The summed E-state index contributed by atoms with van der Waals surface area (Å²) in [7, 11) is 0. The van der Waals surface area contributed by atoms with Crippen LogP contribution in [0.5, 0.6) is 5.88 Å². The number of nitrogens with zero attached hydrogens (tertiary/aromatic N) is 1. The van der Waals surface area contributed by atoms with Crippen LogP contribution in [0.4, 0.5) is 10.5 Å². The Balaban J connectivity index is 1.45. The van der Waals surface area contributed by atoms with Crippen molar-refractivity contribution in [2.24, 2.45) is 0 Å². The van der Waals surface area contributed by atoms with Crippen molar-refractivity contribution in [2.45, 2.75) is 25.4 Å². The zero-order chi connectivity index (χ0) is 21.3. The average Bonchev–Trinajstić information content (AvgIpc) is 3.04. The third-order valence-electron chi connectivity index (χ3n) is 4.98. The van der Waals surface area contributed by atoms with Gasteiger partial charge in [-0.1, -0.05) is 22.0 Å². The van der Waals surface area contributed by atoms with E-state index in [4.69, 9.17) is 0 Å². The van der Waals surface area contributed by atoms with Gasteiger partial charge in [0, 0.05) is 40.1 Å². The topological polar surface area (TPSA) is 112 Å². The first-order valence-corrected chi connectivity index (χ1v) is 10.2. The van der Waals surface area contributed by atoms with Crippen LogP contribution in [0.2, 0.25) is 0 Å². The zero-order valence-electron chi connectivity index (χ0n) is 15.8. The number of benzene rings is 2. The van der Waals surface area contributed by atoms with Crippen LogP contribution in [0.3, 0.4) is 0 Å². The molecule has 4 amide bonds. The van der Waals surface area contributed by atoms with Crippen LogP contribution in [0, 0.1) is 0 Å². The lowest BCUT2D eigenvalue weighted by molar-refractivity contribution is -0.135. The molecule has 1 fully saturated rings. The van der Waals surface area contributed by atoms with E-state index in [1.165, 1.54) is 4.57 Å². The maximum Gasteiger partial charge on any atom is 0.319 e. The van der Waals surface area contributed by atoms with Crippen molar-refractivity contribution in [2.75, 3.05) is 5.32 Å². The molecule has 1 saturated heterocycles. The number of urea groups is 1. The number of rotatable bonds is 4. The maximum atomic E-state index is 12.1. The molecule has 0 saturated carbocycles. The molecule has 4 rings (SSSR count). The summed E-state index contributed by atoms with van der Waals surface area (Å²) in [6.45, 7) is 0.294. The van der Waals surface area contributed by atoms with Gasteiger partial charge in [0.25, 0.3) is 0 Å². The third kappa shape index (κ3) is 4.16. The van der Waals surface area contributed by atoms with E-state index < -0.39 is 11.9 Å². The van der Waals surface area contributed by atoms with E-state index in [1.54, 1.807) is 30.5 Å². The maximum absolute atomic E-state index is 12.1. The smallest absolute Gasteiger partial charge is 0.319 e. The normalized spacial score (nSPS) is 16.4. The highest BCUT2D eigenvalue weighted by molar-refractivity contribution is 9.10. The van der Waals surface area contributed by atoms with Gasteiger partial charge in [-0.05, 0) is 48.4 Å². The number of imide groups is 1. The van der Waals surface area contributed by atoms with Crippen LogP contribution >= 0.6 is 15.9 Å². The second-order valence-corrected chi connectivity index (χ2v) is 7.98. The number of nitrogens with one attached hydrogen (secondary N) is 3. The molecule has 3 aromatic rings. The molecular weight excluding hydrogens is 452 g/mol. The monoisotopic (exact) mass is 470 g/mol. The van der Waals surface area contributed by atoms with Crippen molar-refractivity contribution < 1.29 is 19.5 Å². The first kappa shape index (κ1) is 20.0. The standard InChI is InChI=1S/C21H19BrN4O4/c22-14-2-4-15(5-3-14)24-21(30)23-10-12-1-6-16-13(9-12)11-26(20(16)29)17-7-8-18(27)25-19(17)28/h1-6,9,11,17,29H,7-8,10H2,(H2,23,24,30)(H,25,27,28). The molecule has 0 radical (unpaired) electrons. The Morgan fingerprint density at radius 2 is 1.97 bits per heavy atom. The van der Waals surface area contributed by atoms with Crippen molar-refractivity contribution in [3.05, 3.63) is 58.7 Å². The fraction of sp³-hybridized carbons (Fsp3) is 0.190. The van der Waals surface area contributed by atoms with E-state index in [9.17, 15) is 19.5 Å². The third-order valence-corrected chi connectivity index (χ3v) is 5.51. The predicted octanol–water partition coefficient (Wildman–Crippen LogP) is 3.41. The molecule has 1 aromatic heterocycles. The summed E-state index contributed by atoms with van der Waals surface area (Å²) >= 11 is 3.35. The SMILES string of the molecule is O=C1CCC(n2cc3cc(CNC(=O)Nc4ccc(Br)cc4)ccc3c2O)C(=O)N1. The summed E-state index contributed by atoms with van der Waals surface area (Å²) in [6.07, 6.45) is 2.26. The van der Waals surface area contributed by atoms with Crippen molar-refractivity contribution in [3.63, 3.8) is 0 Å². The lowest BCUT2D eigenvalue weighted by atomic mass is 10.1. The second-order valence-electron chi connectivity index (χ2n) is 7.06. The van der Waals surface area contributed by atoms with Crippen molar-refractivity contribution in [1.82, 2.24) is 15.2 Å². The van der Waals surface area contributed by atoms with Gasteiger partial charge in [0.05, 0.1) is 0 Å². The molecular formula is C21H19BrN4O4. The van der Waals surface area contributed by atoms with Gasteiger partial charge < -0.3 is 20.3 Å². The molecule has 2 aromatic carbocycles. The lowest BCUT2D eigenvalue weighted by Gasteiger charge is -2.22. The molecule has 154 valence electrons. The van der Waals surface area contributed by atoms with Crippen molar-refractivity contribution in [1.29, 1.82) is 0 Å². The number of piperidine rings is 1. The van der Waals surface area contributed by atoms with Crippen LogP contribution in [-0.4, -0.2) is 27.5 Å². The minimum atomic E-state index is -0.631. The minimum absolute atomic E-state index is 0.0213. The highest BCUT2D eigenvalue weighted by atomic mass is 79.9. The van der Waals surface area contributed by atoms with E-state index >= 15 is 0 Å². The number of amides is 4. The van der Waals surface area contributed by atoms with E-state index in [-0.39, 0.29) is 24.2 Å². The molecule has 0 spiro atoms. The molecule has 9 heteroatoms. The first-order chi connectivity index (χ1) is 14.4. The van der Waals surface area contributed by atoms with Gasteiger partial charge in [0.1, 0.15) is 6.04 Å². The summed E-state index contributed by atoms with van der Waals surface area (Å²) in [5, 5.41) is 19.7. The number of hydrogen-bond acceptors (Lipinski definition) is 4. The Kier molecular flexibility index (Phi) is 5.45. The largest absolute Gasteiger partial charge is 0.494 e. The summed E-state index contributed by atoms with van der Waals surface area (Å²) in [6, 6.07) is 11.7. The number of carbonyl (C=O) groups excluding carboxylic acids is 3. The molecule has 1 unspecified atom stereocenters. The fourth-order valence-electron chi connectivity index (χ4n) is 3.46. The summed E-state index contributed by atoms with van der Waals surface area (Å²) in [4.78, 5) is 35.6. The molecule has 30 heavy (non-hydrogen) atoms. The van der Waals surface area contributed by atoms with Gasteiger partial charge in [0.15, 0.2) is 5.88 Å². The molecule has 0 bridgehead atoms. The number of aromatic nitrogens is 1. The Hall–Kier alpha value is -3.33. The quantitative estimate of drug-likeness (QED) is 0.437. The van der Waals surface area contributed by atoms with Gasteiger partial charge in [-0.15, -0.1) is 0 Å².